The molecule has 1 atom stereocenters. The lowest BCUT2D eigenvalue weighted by molar-refractivity contribution is 0.259. The van der Waals surface area contributed by atoms with E-state index in [1.54, 1.807) is 0 Å². The van der Waals surface area contributed by atoms with Gasteiger partial charge in [0.1, 0.15) is 11.9 Å². The van der Waals surface area contributed by atoms with E-state index in [0.717, 1.165) is 29.2 Å². The number of aryl methyl sites for hydroxylation is 2. The molecule has 0 aliphatic carbocycles. The normalized spacial score (nSPS) is 16.8. The van der Waals surface area contributed by atoms with Gasteiger partial charge < -0.3 is 10.5 Å². The molecule has 2 N–H and O–H groups in total. The van der Waals surface area contributed by atoms with Crippen molar-refractivity contribution in [1.29, 1.82) is 0 Å². The van der Waals surface area contributed by atoms with Crippen molar-refractivity contribution in [3.05, 3.63) is 53.1 Å². The maximum absolute atomic E-state index is 5.99. The fourth-order valence-electron chi connectivity index (χ4n) is 2.47. The van der Waals surface area contributed by atoms with Gasteiger partial charge in [-0.05, 0) is 49.2 Å². The second kappa shape index (κ2) is 5.41. The Kier molecular flexibility index (Phi) is 3.62. The molecule has 2 nitrogen and oxygen atoms in total. The summed E-state index contributed by atoms with van der Waals surface area (Å²) >= 11 is 1.83. The Morgan fingerprint density at radius 1 is 1.20 bits per heavy atom. The highest BCUT2D eigenvalue weighted by Gasteiger charge is 2.22. The molecule has 0 saturated heterocycles. The standard InChI is InChI=1S/C17H19NOS/c1-11-3-6-17-13(7-11)9-14(19-17)10-20-15-4-5-16(18)12(2)8-15/h3-8,14H,9-10,18H2,1-2H3. The lowest BCUT2D eigenvalue weighted by Gasteiger charge is -2.11. The van der Waals surface area contributed by atoms with Crippen LogP contribution in [0.25, 0.3) is 0 Å². The number of ether oxygens (including phenoxy) is 1. The second-order valence-corrected chi connectivity index (χ2v) is 6.48. The number of hydrogen-bond acceptors (Lipinski definition) is 3. The SMILES string of the molecule is Cc1ccc2c(c1)CC(CSc1ccc(N)c(C)c1)O2. The molecule has 20 heavy (non-hydrogen) atoms. The van der Waals surface area contributed by atoms with Crippen LogP contribution in [0.3, 0.4) is 0 Å². The number of anilines is 1. The molecule has 2 aromatic rings. The van der Waals surface area contributed by atoms with E-state index in [1.807, 2.05) is 24.8 Å². The van der Waals surface area contributed by atoms with E-state index in [0.29, 0.717) is 0 Å². The van der Waals surface area contributed by atoms with Gasteiger partial charge in [0.2, 0.25) is 0 Å². The van der Waals surface area contributed by atoms with E-state index in [-0.39, 0.29) is 6.10 Å². The van der Waals surface area contributed by atoms with Crippen LogP contribution in [0.4, 0.5) is 5.69 Å². The first-order valence-corrected chi connectivity index (χ1v) is 7.85. The van der Waals surface area contributed by atoms with Gasteiger partial charge in [0.15, 0.2) is 0 Å². The van der Waals surface area contributed by atoms with E-state index in [1.165, 1.54) is 16.0 Å². The molecule has 1 aliphatic rings. The molecule has 0 amide bonds. The number of fused-ring (bicyclic) bond motifs is 1. The van der Waals surface area contributed by atoms with Gasteiger partial charge >= 0.3 is 0 Å². The molecule has 3 heteroatoms. The molecular formula is C17H19NOS. The van der Waals surface area contributed by atoms with Crippen LogP contribution in [-0.4, -0.2) is 11.9 Å². The summed E-state index contributed by atoms with van der Waals surface area (Å²) in [6.45, 7) is 4.17. The first kappa shape index (κ1) is 13.4. The Balaban J connectivity index is 1.62. The smallest absolute Gasteiger partial charge is 0.123 e. The summed E-state index contributed by atoms with van der Waals surface area (Å²) in [7, 11) is 0. The van der Waals surface area contributed by atoms with Gasteiger partial charge in [0, 0.05) is 22.8 Å². The van der Waals surface area contributed by atoms with Gasteiger partial charge in [0.05, 0.1) is 0 Å². The Morgan fingerprint density at radius 3 is 2.85 bits per heavy atom. The van der Waals surface area contributed by atoms with E-state index < -0.39 is 0 Å². The minimum Gasteiger partial charge on any atom is -0.489 e. The van der Waals surface area contributed by atoms with Crippen molar-refractivity contribution in [2.24, 2.45) is 0 Å². The van der Waals surface area contributed by atoms with Crippen molar-refractivity contribution in [3.8, 4) is 5.75 Å². The molecule has 0 fully saturated rings. The van der Waals surface area contributed by atoms with Crippen LogP contribution in [0, 0.1) is 13.8 Å². The zero-order valence-electron chi connectivity index (χ0n) is 11.8. The fraction of sp³-hybridized carbons (Fsp3) is 0.294. The van der Waals surface area contributed by atoms with Crippen molar-refractivity contribution in [1.82, 2.24) is 0 Å². The summed E-state index contributed by atoms with van der Waals surface area (Å²) in [5, 5.41) is 0. The van der Waals surface area contributed by atoms with E-state index >= 15 is 0 Å². The molecule has 0 spiro atoms. The monoisotopic (exact) mass is 285 g/mol. The molecule has 3 rings (SSSR count). The zero-order chi connectivity index (χ0) is 14.1. The summed E-state index contributed by atoms with van der Waals surface area (Å²) in [5.41, 5.74) is 10.5. The summed E-state index contributed by atoms with van der Waals surface area (Å²) < 4.78 is 5.99. The first-order valence-electron chi connectivity index (χ1n) is 6.87. The predicted molar refractivity (Wildman–Crippen MR) is 85.6 cm³/mol. The van der Waals surface area contributed by atoms with Crippen LogP contribution in [0.15, 0.2) is 41.3 Å². The van der Waals surface area contributed by atoms with Crippen molar-refractivity contribution in [2.75, 3.05) is 11.5 Å². The minimum absolute atomic E-state index is 0.273. The van der Waals surface area contributed by atoms with E-state index in [4.69, 9.17) is 10.5 Å². The number of rotatable bonds is 3. The van der Waals surface area contributed by atoms with E-state index in [2.05, 4.69) is 37.3 Å². The van der Waals surface area contributed by atoms with Crippen LogP contribution in [0.2, 0.25) is 0 Å². The molecule has 0 radical (unpaired) electrons. The van der Waals surface area contributed by atoms with Crippen molar-refractivity contribution < 1.29 is 4.74 Å². The molecule has 0 bridgehead atoms. The fourth-order valence-corrected chi connectivity index (χ4v) is 3.46. The zero-order valence-corrected chi connectivity index (χ0v) is 12.7. The molecule has 104 valence electrons. The third-order valence-corrected chi connectivity index (χ3v) is 4.76. The van der Waals surface area contributed by atoms with Gasteiger partial charge in [-0.15, -0.1) is 11.8 Å². The number of thioether (sulfide) groups is 1. The number of nitrogens with two attached hydrogens (primary N) is 1. The highest BCUT2D eigenvalue weighted by atomic mass is 32.2. The molecule has 1 unspecified atom stereocenters. The van der Waals surface area contributed by atoms with Crippen LogP contribution < -0.4 is 10.5 Å². The van der Waals surface area contributed by atoms with Crippen LogP contribution >= 0.6 is 11.8 Å². The summed E-state index contributed by atoms with van der Waals surface area (Å²) in [6, 6.07) is 12.6. The van der Waals surface area contributed by atoms with Crippen LogP contribution in [0.5, 0.6) is 5.75 Å². The van der Waals surface area contributed by atoms with Gasteiger partial charge in [-0.1, -0.05) is 17.7 Å². The quantitative estimate of drug-likeness (QED) is 0.684. The van der Waals surface area contributed by atoms with E-state index in [9.17, 15) is 0 Å². The second-order valence-electron chi connectivity index (χ2n) is 5.38. The Morgan fingerprint density at radius 2 is 2.05 bits per heavy atom. The third-order valence-electron chi connectivity index (χ3n) is 3.63. The van der Waals surface area contributed by atoms with Gasteiger partial charge in [0.25, 0.3) is 0 Å². The number of hydrogen-bond donors (Lipinski definition) is 1. The maximum Gasteiger partial charge on any atom is 0.123 e. The molecular weight excluding hydrogens is 266 g/mol. The first-order chi connectivity index (χ1) is 9.61. The Labute approximate surface area is 124 Å². The van der Waals surface area contributed by atoms with Gasteiger partial charge in [-0.3, -0.25) is 0 Å². The van der Waals surface area contributed by atoms with Crippen molar-refractivity contribution in [3.63, 3.8) is 0 Å². The highest BCUT2D eigenvalue weighted by molar-refractivity contribution is 7.99. The average Bonchev–Trinajstić information content (AvgIpc) is 2.82. The van der Waals surface area contributed by atoms with Crippen molar-refractivity contribution in [2.45, 2.75) is 31.3 Å². The third kappa shape index (κ3) is 2.78. The molecule has 1 aliphatic heterocycles. The molecule has 0 saturated carbocycles. The minimum atomic E-state index is 0.273. The van der Waals surface area contributed by atoms with Gasteiger partial charge in [-0.25, -0.2) is 0 Å². The van der Waals surface area contributed by atoms with Crippen molar-refractivity contribution >= 4 is 17.4 Å². The average molecular weight is 285 g/mol. The summed E-state index contributed by atoms with van der Waals surface area (Å²) in [4.78, 5) is 1.26. The molecule has 0 aromatic heterocycles. The lowest BCUT2D eigenvalue weighted by Crippen LogP contribution is -2.15. The number of nitrogen functional groups attached to an aromatic ring is 1. The summed E-state index contributed by atoms with van der Waals surface area (Å²) in [5.74, 6) is 2.02. The Hall–Kier alpha value is -1.61. The summed E-state index contributed by atoms with van der Waals surface area (Å²) in [6.07, 6.45) is 1.28. The number of benzene rings is 2. The highest BCUT2D eigenvalue weighted by Crippen LogP contribution is 2.32. The van der Waals surface area contributed by atoms with Crippen LogP contribution in [-0.2, 0) is 6.42 Å². The topological polar surface area (TPSA) is 35.2 Å². The largest absolute Gasteiger partial charge is 0.489 e. The molecule has 2 aromatic carbocycles. The predicted octanol–water partition coefficient (Wildman–Crippen LogP) is 3.98. The lowest BCUT2D eigenvalue weighted by atomic mass is 10.1. The van der Waals surface area contributed by atoms with Crippen LogP contribution in [0.1, 0.15) is 16.7 Å². The maximum atomic E-state index is 5.99. The Bertz CT molecular complexity index is 639. The van der Waals surface area contributed by atoms with Gasteiger partial charge in [-0.2, -0.15) is 0 Å². The molecule has 1 heterocycles.